The van der Waals surface area contributed by atoms with Gasteiger partial charge in [0.2, 0.25) is 0 Å². The Labute approximate surface area is 149 Å². The first-order valence-electron chi connectivity index (χ1n) is 9.36. The number of rotatable bonds is 5. The average Bonchev–Trinajstić information content (AvgIpc) is 2.96. The summed E-state index contributed by atoms with van der Waals surface area (Å²) in [5, 5.41) is 3.73. The molecule has 0 radical (unpaired) electrons. The van der Waals surface area contributed by atoms with E-state index in [4.69, 9.17) is 14.8 Å². The van der Waals surface area contributed by atoms with Crippen molar-refractivity contribution in [2.45, 2.75) is 57.6 Å². The van der Waals surface area contributed by atoms with Crippen LogP contribution in [0.4, 0.5) is 0 Å². The molecule has 0 aromatic heterocycles. The largest absolute Gasteiger partial charge is 0.465 e. The van der Waals surface area contributed by atoms with E-state index in [0.29, 0.717) is 17.9 Å². The highest BCUT2D eigenvalue weighted by molar-refractivity contribution is 6.47. The van der Waals surface area contributed by atoms with Gasteiger partial charge in [0.15, 0.2) is 0 Å². The fraction of sp³-hybridized carbons (Fsp3) is 0.684. The molecule has 1 aromatic carbocycles. The van der Waals surface area contributed by atoms with E-state index in [9.17, 15) is 0 Å². The van der Waals surface area contributed by atoms with Crippen LogP contribution in [0, 0.1) is 17.3 Å². The van der Waals surface area contributed by atoms with Crippen LogP contribution in [0.5, 0.6) is 0 Å². The summed E-state index contributed by atoms with van der Waals surface area (Å²) in [5.74, 6) is 1.40. The predicted octanol–water partition coefficient (Wildman–Crippen LogP) is 4.74. The Morgan fingerprint density at radius 2 is 2.04 bits per heavy atom. The molecule has 2 bridgehead atoms. The Morgan fingerprint density at radius 3 is 2.72 bits per heavy atom. The van der Waals surface area contributed by atoms with Gasteiger partial charge in [-0.15, -0.1) is 0 Å². The smallest absolute Gasteiger partial charge is 0.405 e. The second-order valence-corrected chi connectivity index (χ2v) is 8.60. The highest BCUT2D eigenvalue weighted by atomic mass is 16.7. The summed E-state index contributed by atoms with van der Waals surface area (Å²) in [6.45, 7) is 7.45. The van der Waals surface area contributed by atoms with Gasteiger partial charge in [0.05, 0.1) is 11.7 Å². The summed E-state index contributed by atoms with van der Waals surface area (Å²) in [6, 6.07) is 10.3. The van der Waals surface area contributed by atoms with Crippen LogP contribution < -0.4 is 0 Å². The van der Waals surface area contributed by atoms with Gasteiger partial charge in [0.1, 0.15) is 0 Å². The molecule has 4 fully saturated rings. The van der Waals surface area contributed by atoms with Crippen LogP contribution >= 0.6 is 0 Å². The molecular weight excluding hydrogens is 313 g/mol. The molecule has 1 heterocycles. The third kappa shape index (κ3) is 2.59. The SMILES string of the molecule is CC1(C)C2CC1[C@]1(C)OB([C@H](CCN=[N+]=[N-])c3ccccc3)O[C@H]1C2. The van der Waals surface area contributed by atoms with Gasteiger partial charge in [-0.1, -0.05) is 49.3 Å². The van der Waals surface area contributed by atoms with Crippen molar-refractivity contribution in [2.24, 2.45) is 22.4 Å². The van der Waals surface area contributed by atoms with E-state index in [1.807, 2.05) is 18.2 Å². The molecule has 0 N–H and O–H groups in total. The van der Waals surface area contributed by atoms with Gasteiger partial charge in [-0.05, 0) is 54.5 Å². The fourth-order valence-corrected chi connectivity index (χ4v) is 5.47. The molecule has 1 aromatic rings. The average molecular weight is 339 g/mol. The molecule has 0 spiro atoms. The number of benzene rings is 1. The van der Waals surface area contributed by atoms with E-state index in [-0.39, 0.29) is 24.6 Å². The predicted molar refractivity (Wildman–Crippen MR) is 97.9 cm³/mol. The lowest BCUT2D eigenvalue weighted by molar-refractivity contribution is -0.199. The van der Waals surface area contributed by atoms with E-state index < -0.39 is 0 Å². The standard InChI is InChI=1S/C19H26BN3O2/c1-18(2)14-11-16(18)19(3)17(12-14)24-20(25-19)15(9-10-22-23-21)13-7-5-4-6-8-13/h4-8,14-17H,9-12H2,1-3H3/t14?,15-,16?,17+,19+/m1/s1. The summed E-state index contributed by atoms with van der Waals surface area (Å²) < 4.78 is 13.1. The summed E-state index contributed by atoms with van der Waals surface area (Å²) in [5.41, 5.74) is 9.95. The Bertz CT molecular complexity index is 691. The van der Waals surface area contributed by atoms with Crippen molar-refractivity contribution in [1.82, 2.24) is 0 Å². The lowest BCUT2D eigenvalue weighted by atomic mass is 9.43. The molecule has 4 aliphatic rings. The molecule has 6 heteroatoms. The van der Waals surface area contributed by atoms with Crippen molar-refractivity contribution < 1.29 is 9.31 Å². The van der Waals surface area contributed by atoms with Gasteiger partial charge in [0, 0.05) is 17.3 Å². The lowest BCUT2D eigenvalue weighted by Crippen LogP contribution is -2.65. The molecular formula is C19H26BN3O2. The molecule has 3 aliphatic carbocycles. The summed E-state index contributed by atoms with van der Waals surface area (Å²) in [4.78, 5) is 2.89. The number of azide groups is 1. The zero-order valence-electron chi connectivity index (χ0n) is 15.3. The normalized spacial score (nSPS) is 36.1. The van der Waals surface area contributed by atoms with E-state index in [1.54, 1.807) is 0 Å². The molecule has 5 nitrogen and oxygen atoms in total. The van der Waals surface area contributed by atoms with Crippen LogP contribution in [0.1, 0.15) is 51.4 Å². The van der Waals surface area contributed by atoms with Gasteiger partial charge in [-0.3, -0.25) is 0 Å². The minimum Gasteiger partial charge on any atom is -0.405 e. The third-order valence-corrected chi connectivity index (χ3v) is 7.13. The summed E-state index contributed by atoms with van der Waals surface area (Å²) in [7, 11) is -0.263. The summed E-state index contributed by atoms with van der Waals surface area (Å²) in [6.07, 6.45) is 3.26. The number of hydrogen-bond donors (Lipinski definition) is 0. The van der Waals surface area contributed by atoms with Crippen molar-refractivity contribution >= 4 is 7.12 Å². The first-order chi connectivity index (χ1) is 12.0. The Balaban J connectivity index is 1.58. The molecule has 1 aliphatic heterocycles. The maximum absolute atomic E-state index is 8.62. The molecule has 132 valence electrons. The van der Waals surface area contributed by atoms with Gasteiger partial charge < -0.3 is 9.31 Å². The maximum Gasteiger partial charge on any atom is 0.465 e. The zero-order chi connectivity index (χ0) is 17.7. The van der Waals surface area contributed by atoms with E-state index in [2.05, 4.69) is 42.9 Å². The van der Waals surface area contributed by atoms with Gasteiger partial charge >= 0.3 is 7.12 Å². The lowest BCUT2D eigenvalue weighted by Gasteiger charge is -2.64. The van der Waals surface area contributed by atoms with Crippen LogP contribution in [0.25, 0.3) is 10.4 Å². The third-order valence-electron chi connectivity index (χ3n) is 7.13. The monoisotopic (exact) mass is 339 g/mol. The van der Waals surface area contributed by atoms with Crippen molar-refractivity contribution in [2.75, 3.05) is 6.54 Å². The Morgan fingerprint density at radius 1 is 1.28 bits per heavy atom. The minimum absolute atomic E-state index is 0.0921. The van der Waals surface area contributed by atoms with Crippen LogP contribution in [-0.4, -0.2) is 25.4 Å². The quantitative estimate of drug-likeness (QED) is 0.337. The van der Waals surface area contributed by atoms with Crippen molar-refractivity contribution in [3.05, 3.63) is 46.3 Å². The van der Waals surface area contributed by atoms with E-state index in [0.717, 1.165) is 18.8 Å². The minimum atomic E-state index is -0.263. The molecule has 2 unspecified atom stereocenters. The highest BCUT2D eigenvalue weighted by Crippen LogP contribution is 2.66. The maximum atomic E-state index is 8.62. The number of hydrogen-bond acceptors (Lipinski definition) is 3. The zero-order valence-corrected chi connectivity index (χ0v) is 15.3. The second-order valence-electron chi connectivity index (χ2n) is 8.60. The first-order valence-corrected chi connectivity index (χ1v) is 9.36. The van der Waals surface area contributed by atoms with Crippen molar-refractivity contribution in [3.63, 3.8) is 0 Å². The Hall–Kier alpha value is -1.49. The van der Waals surface area contributed by atoms with Gasteiger partial charge in [-0.2, -0.15) is 0 Å². The van der Waals surface area contributed by atoms with Crippen LogP contribution in [0.15, 0.2) is 35.4 Å². The van der Waals surface area contributed by atoms with Crippen molar-refractivity contribution in [1.29, 1.82) is 0 Å². The second kappa shape index (κ2) is 6.05. The van der Waals surface area contributed by atoms with Gasteiger partial charge in [0.25, 0.3) is 0 Å². The van der Waals surface area contributed by atoms with Crippen LogP contribution in [0.2, 0.25) is 0 Å². The molecule has 25 heavy (non-hydrogen) atoms. The van der Waals surface area contributed by atoms with Crippen LogP contribution in [0.3, 0.4) is 0 Å². The Kier molecular flexibility index (Phi) is 4.10. The summed E-state index contributed by atoms with van der Waals surface area (Å²) >= 11 is 0. The van der Waals surface area contributed by atoms with Crippen LogP contribution in [-0.2, 0) is 9.31 Å². The molecule has 5 rings (SSSR count). The highest BCUT2D eigenvalue weighted by Gasteiger charge is 2.68. The molecule has 3 saturated carbocycles. The topological polar surface area (TPSA) is 67.2 Å². The van der Waals surface area contributed by atoms with Crippen molar-refractivity contribution in [3.8, 4) is 0 Å². The fourth-order valence-electron chi connectivity index (χ4n) is 5.47. The molecule has 0 amide bonds. The number of nitrogens with zero attached hydrogens (tertiary/aromatic N) is 3. The molecule has 1 saturated heterocycles. The van der Waals surface area contributed by atoms with E-state index in [1.165, 1.54) is 12.0 Å². The van der Waals surface area contributed by atoms with E-state index >= 15 is 0 Å². The molecule has 5 atom stereocenters. The first kappa shape index (κ1) is 17.0. The van der Waals surface area contributed by atoms with Gasteiger partial charge in [-0.25, -0.2) is 0 Å².